The molecule has 1 aromatic rings. The van der Waals surface area contributed by atoms with Gasteiger partial charge in [0.2, 0.25) is 11.8 Å². The van der Waals surface area contributed by atoms with Crippen LogP contribution in [-0.2, 0) is 9.59 Å². The first kappa shape index (κ1) is 19.8. The van der Waals surface area contributed by atoms with Crippen molar-refractivity contribution in [2.75, 3.05) is 11.9 Å². The fourth-order valence-corrected chi connectivity index (χ4v) is 1.49. The number of non-ortho nitro benzene ring substituents is 1. The standard InChI is InChI=1S/C13H18N4O4.ClH/c1-8(2)12(14)13(19)15-7-11(18)16-9-4-3-5-10(6-9)17(20)21;/h3-6,8,12H,7,14H2,1-2H3,(H,15,19)(H,16,18);1H/t12-;/m0./s1. The highest BCUT2D eigenvalue weighted by molar-refractivity contribution is 5.95. The molecule has 9 heteroatoms. The zero-order valence-corrected chi connectivity index (χ0v) is 13.1. The van der Waals surface area contributed by atoms with Crippen LogP contribution in [0.5, 0.6) is 0 Å². The van der Waals surface area contributed by atoms with Gasteiger partial charge in [0.05, 0.1) is 17.5 Å². The van der Waals surface area contributed by atoms with Gasteiger partial charge in [-0.25, -0.2) is 0 Å². The summed E-state index contributed by atoms with van der Waals surface area (Å²) in [6.07, 6.45) is 0. The van der Waals surface area contributed by atoms with E-state index in [1.165, 1.54) is 24.3 Å². The summed E-state index contributed by atoms with van der Waals surface area (Å²) in [6, 6.07) is 4.85. The maximum Gasteiger partial charge on any atom is 0.271 e. The largest absolute Gasteiger partial charge is 0.346 e. The summed E-state index contributed by atoms with van der Waals surface area (Å²) in [5.74, 6) is -0.941. The van der Waals surface area contributed by atoms with Crippen molar-refractivity contribution < 1.29 is 14.5 Å². The van der Waals surface area contributed by atoms with E-state index >= 15 is 0 Å². The van der Waals surface area contributed by atoms with E-state index in [0.717, 1.165) is 0 Å². The molecule has 1 atom stereocenters. The lowest BCUT2D eigenvalue weighted by molar-refractivity contribution is -0.384. The molecule has 0 heterocycles. The Bertz CT molecular complexity index is 551. The Morgan fingerprint density at radius 3 is 2.55 bits per heavy atom. The molecular formula is C13H19ClN4O4. The Morgan fingerprint density at radius 1 is 1.36 bits per heavy atom. The highest BCUT2D eigenvalue weighted by atomic mass is 35.5. The molecule has 0 radical (unpaired) electrons. The third kappa shape index (κ3) is 6.06. The van der Waals surface area contributed by atoms with Gasteiger partial charge in [0.1, 0.15) is 0 Å². The van der Waals surface area contributed by atoms with Crippen molar-refractivity contribution in [3.63, 3.8) is 0 Å². The topological polar surface area (TPSA) is 127 Å². The van der Waals surface area contributed by atoms with Crippen molar-refractivity contribution in [2.24, 2.45) is 11.7 Å². The molecule has 0 saturated carbocycles. The lowest BCUT2D eigenvalue weighted by Crippen LogP contribution is -2.46. The number of rotatable bonds is 6. The van der Waals surface area contributed by atoms with E-state index in [-0.39, 0.29) is 36.2 Å². The molecule has 122 valence electrons. The van der Waals surface area contributed by atoms with Gasteiger partial charge in [-0.3, -0.25) is 19.7 Å². The minimum absolute atomic E-state index is 0. The molecule has 0 aliphatic rings. The van der Waals surface area contributed by atoms with Crippen LogP contribution in [-0.4, -0.2) is 29.3 Å². The fraction of sp³-hybridized carbons (Fsp3) is 0.385. The minimum Gasteiger partial charge on any atom is -0.346 e. The van der Waals surface area contributed by atoms with Gasteiger partial charge in [-0.1, -0.05) is 19.9 Å². The average Bonchev–Trinajstić information content (AvgIpc) is 2.44. The number of nitrogens with one attached hydrogen (secondary N) is 2. The van der Waals surface area contributed by atoms with Crippen molar-refractivity contribution in [3.05, 3.63) is 34.4 Å². The van der Waals surface area contributed by atoms with Crippen LogP contribution in [0.2, 0.25) is 0 Å². The molecule has 0 spiro atoms. The lowest BCUT2D eigenvalue weighted by atomic mass is 10.1. The van der Waals surface area contributed by atoms with Crippen LogP contribution in [0.15, 0.2) is 24.3 Å². The summed E-state index contributed by atoms with van der Waals surface area (Å²) in [5.41, 5.74) is 5.80. The Hall–Kier alpha value is -2.19. The van der Waals surface area contributed by atoms with E-state index < -0.39 is 22.8 Å². The minimum atomic E-state index is -0.685. The molecule has 4 N–H and O–H groups in total. The molecule has 0 unspecified atom stereocenters. The number of nitrogens with zero attached hydrogens (tertiary/aromatic N) is 1. The molecule has 8 nitrogen and oxygen atoms in total. The van der Waals surface area contributed by atoms with Crippen molar-refractivity contribution >= 4 is 35.6 Å². The first-order valence-electron chi connectivity index (χ1n) is 6.39. The predicted octanol–water partition coefficient (Wildman–Crippen LogP) is 1.05. The third-order valence-corrected chi connectivity index (χ3v) is 2.78. The van der Waals surface area contributed by atoms with Gasteiger partial charge < -0.3 is 16.4 Å². The second-order valence-electron chi connectivity index (χ2n) is 4.84. The Balaban J connectivity index is 0.00000441. The molecule has 1 rings (SSSR count). The Kier molecular flexibility index (Phi) is 8.06. The number of hydrogen-bond donors (Lipinski definition) is 3. The molecule has 0 aromatic heterocycles. The van der Waals surface area contributed by atoms with Crippen LogP contribution >= 0.6 is 12.4 Å². The number of carbonyl (C=O) groups excluding carboxylic acids is 2. The number of hydrogen-bond acceptors (Lipinski definition) is 5. The molecule has 0 aliphatic carbocycles. The number of halogens is 1. The smallest absolute Gasteiger partial charge is 0.271 e. The number of amides is 2. The summed E-state index contributed by atoms with van der Waals surface area (Å²) in [4.78, 5) is 33.3. The van der Waals surface area contributed by atoms with Crippen LogP contribution in [0.1, 0.15) is 13.8 Å². The Labute approximate surface area is 134 Å². The number of nitro benzene ring substituents is 1. The van der Waals surface area contributed by atoms with Crippen LogP contribution in [0, 0.1) is 16.0 Å². The molecule has 0 aliphatic heterocycles. The molecule has 1 aromatic carbocycles. The molecule has 0 fully saturated rings. The Morgan fingerprint density at radius 2 is 2.00 bits per heavy atom. The van der Waals surface area contributed by atoms with Crippen LogP contribution in [0.3, 0.4) is 0 Å². The summed E-state index contributed by atoms with van der Waals surface area (Å²) in [7, 11) is 0. The zero-order chi connectivity index (χ0) is 16.0. The van der Waals surface area contributed by atoms with E-state index in [0.29, 0.717) is 0 Å². The van der Waals surface area contributed by atoms with E-state index in [1.54, 1.807) is 13.8 Å². The van der Waals surface area contributed by atoms with E-state index in [9.17, 15) is 19.7 Å². The summed E-state index contributed by atoms with van der Waals surface area (Å²) >= 11 is 0. The van der Waals surface area contributed by atoms with Gasteiger partial charge in [0.25, 0.3) is 5.69 Å². The summed E-state index contributed by atoms with van der Waals surface area (Å²) in [6.45, 7) is 3.35. The fourth-order valence-electron chi connectivity index (χ4n) is 1.49. The van der Waals surface area contributed by atoms with Gasteiger partial charge in [0, 0.05) is 17.8 Å². The maximum absolute atomic E-state index is 11.7. The monoisotopic (exact) mass is 330 g/mol. The van der Waals surface area contributed by atoms with Crippen LogP contribution in [0.4, 0.5) is 11.4 Å². The summed E-state index contributed by atoms with van der Waals surface area (Å²) in [5, 5.41) is 15.5. The normalized spacial score (nSPS) is 11.3. The van der Waals surface area contributed by atoms with Gasteiger partial charge in [-0.15, -0.1) is 12.4 Å². The quantitative estimate of drug-likeness (QED) is 0.530. The second kappa shape index (κ2) is 8.96. The molecule has 2 amide bonds. The van der Waals surface area contributed by atoms with Crippen LogP contribution in [0.25, 0.3) is 0 Å². The van der Waals surface area contributed by atoms with E-state index in [2.05, 4.69) is 10.6 Å². The van der Waals surface area contributed by atoms with Crippen molar-refractivity contribution in [3.8, 4) is 0 Å². The third-order valence-electron chi connectivity index (χ3n) is 2.78. The summed E-state index contributed by atoms with van der Waals surface area (Å²) < 4.78 is 0. The van der Waals surface area contributed by atoms with Crippen molar-refractivity contribution in [2.45, 2.75) is 19.9 Å². The molecular weight excluding hydrogens is 312 g/mol. The first-order valence-corrected chi connectivity index (χ1v) is 6.39. The van der Waals surface area contributed by atoms with Crippen LogP contribution < -0.4 is 16.4 Å². The number of benzene rings is 1. The SMILES string of the molecule is CC(C)[C@H](N)C(=O)NCC(=O)Nc1cccc([N+](=O)[O-])c1.Cl. The lowest BCUT2D eigenvalue weighted by Gasteiger charge is -2.15. The highest BCUT2D eigenvalue weighted by Gasteiger charge is 2.17. The molecule has 0 bridgehead atoms. The molecule has 0 saturated heterocycles. The van der Waals surface area contributed by atoms with Crippen molar-refractivity contribution in [1.82, 2.24) is 5.32 Å². The van der Waals surface area contributed by atoms with Gasteiger partial charge in [-0.2, -0.15) is 0 Å². The number of anilines is 1. The zero-order valence-electron chi connectivity index (χ0n) is 12.2. The average molecular weight is 331 g/mol. The number of carbonyl (C=O) groups is 2. The number of nitro groups is 1. The van der Waals surface area contributed by atoms with E-state index in [1.807, 2.05) is 0 Å². The van der Waals surface area contributed by atoms with Gasteiger partial charge in [0.15, 0.2) is 0 Å². The molecule has 22 heavy (non-hydrogen) atoms. The second-order valence-corrected chi connectivity index (χ2v) is 4.84. The highest BCUT2D eigenvalue weighted by Crippen LogP contribution is 2.16. The predicted molar refractivity (Wildman–Crippen MR) is 84.8 cm³/mol. The maximum atomic E-state index is 11.7. The van der Waals surface area contributed by atoms with Gasteiger partial charge >= 0.3 is 0 Å². The number of nitrogens with two attached hydrogens (primary N) is 1. The van der Waals surface area contributed by atoms with Crippen molar-refractivity contribution in [1.29, 1.82) is 0 Å². The first-order chi connectivity index (χ1) is 9.81. The van der Waals surface area contributed by atoms with Gasteiger partial charge in [-0.05, 0) is 12.0 Å². The van der Waals surface area contributed by atoms with E-state index in [4.69, 9.17) is 5.73 Å².